The SMILES string of the molecule is Cc1cccc(Oc2ccc(NC(=O)c3c(C)ccnc3N)cc2)c1. The number of nitrogens with one attached hydrogen (secondary N) is 1. The van der Waals surface area contributed by atoms with Crippen LogP contribution in [0.2, 0.25) is 0 Å². The summed E-state index contributed by atoms with van der Waals surface area (Å²) in [6.07, 6.45) is 1.58. The maximum absolute atomic E-state index is 12.4. The maximum Gasteiger partial charge on any atom is 0.259 e. The third-order valence-corrected chi connectivity index (χ3v) is 3.75. The number of ether oxygens (including phenoxy) is 1. The Hall–Kier alpha value is -3.34. The van der Waals surface area contributed by atoms with Gasteiger partial charge in [0, 0.05) is 11.9 Å². The van der Waals surface area contributed by atoms with Crippen molar-refractivity contribution in [1.82, 2.24) is 4.98 Å². The van der Waals surface area contributed by atoms with Crippen LogP contribution in [0.4, 0.5) is 11.5 Å². The lowest BCUT2D eigenvalue weighted by Gasteiger charge is -2.10. The van der Waals surface area contributed by atoms with E-state index in [4.69, 9.17) is 10.5 Å². The lowest BCUT2D eigenvalue weighted by atomic mass is 10.1. The van der Waals surface area contributed by atoms with E-state index in [-0.39, 0.29) is 11.7 Å². The molecule has 0 saturated heterocycles. The van der Waals surface area contributed by atoms with Gasteiger partial charge in [-0.1, -0.05) is 12.1 Å². The van der Waals surface area contributed by atoms with E-state index in [0.717, 1.165) is 16.9 Å². The molecule has 3 aromatic rings. The fourth-order valence-electron chi connectivity index (χ4n) is 2.49. The lowest BCUT2D eigenvalue weighted by Crippen LogP contribution is -2.16. The van der Waals surface area contributed by atoms with Crippen molar-refractivity contribution in [3.8, 4) is 11.5 Å². The van der Waals surface area contributed by atoms with E-state index in [2.05, 4.69) is 10.3 Å². The second-order valence-electron chi connectivity index (χ2n) is 5.79. The summed E-state index contributed by atoms with van der Waals surface area (Å²) < 4.78 is 5.80. The van der Waals surface area contributed by atoms with Gasteiger partial charge in [0.2, 0.25) is 0 Å². The predicted octanol–water partition coefficient (Wildman–Crippen LogP) is 4.33. The molecule has 0 bridgehead atoms. The molecule has 3 rings (SSSR count). The molecule has 0 atom stereocenters. The number of amides is 1. The van der Waals surface area contributed by atoms with E-state index in [0.29, 0.717) is 17.0 Å². The number of hydrogen-bond acceptors (Lipinski definition) is 4. The number of nitrogens with two attached hydrogens (primary N) is 1. The number of carbonyl (C=O) groups is 1. The van der Waals surface area contributed by atoms with Crippen molar-refractivity contribution in [2.45, 2.75) is 13.8 Å². The third-order valence-electron chi connectivity index (χ3n) is 3.75. The fourth-order valence-corrected chi connectivity index (χ4v) is 2.49. The number of carbonyl (C=O) groups excluding carboxylic acids is 1. The number of aryl methyl sites for hydroxylation is 2. The van der Waals surface area contributed by atoms with Crippen molar-refractivity contribution >= 4 is 17.4 Å². The zero-order valence-corrected chi connectivity index (χ0v) is 14.1. The molecule has 0 aliphatic carbocycles. The first-order chi connectivity index (χ1) is 12.0. The zero-order valence-electron chi connectivity index (χ0n) is 14.1. The average Bonchev–Trinajstić information content (AvgIpc) is 2.56. The van der Waals surface area contributed by atoms with Crippen LogP contribution in [-0.4, -0.2) is 10.9 Å². The zero-order chi connectivity index (χ0) is 17.8. The summed E-state index contributed by atoms with van der Waals surface area (Å²) in [6.45, 7) is 3.84. The standard InChI is InChI=1S/C20H19N3O2/c1-13-4-3-5-17(12-13)25-16-8-6-15(7-9-16)23-20(24)18-14(2)10-11-22-19(18)21/h3-12H,1-2H3,(H2,21,22)(H,23,24). The van der Waals surface area contributed by atoms with Gasteiger partial charge in [-0.2, -0.15) is 0 Å². The maximum atomic E-state index is 12.4. The molecule has 1 amide bonds. The molecule has 0 saturated carbocycles. The van der Waals surface area contributed by atoms with Gasteiger partial charge in [-0.15, -0.1) is 0 Å². The van der Waals surface area contributed by atoms with Crippen molar-refractivity contribution < 1.29 is 9.53 Å². The van der Waals surface area contributed by atoms with Gasteiger partial charge in [-0.05, 0) is 67.4 Å². The van der Waals surface area contributed by atoms with Gasteiger partial charge in [-0.3, -0.25) is 4.79 Å². The molecule has 0 unspecified atom stereocenters. The van der Waals surface area contributed by atoms with Crippen LogP contribution < -0.4 is 15.8 Å². The molecule has 0 fully saturated rings. The van der Waals surface area contributed by atoms with Gasteiger partial charge in [-0.25, -0.2) is 4.98 Å². The minimum Gasteiger partial charge on any atom is -0.457 e. The molecule has 126 valence electrons. The molecule has 2 aromatic carbocycles. The Balaban J connectivity index is 1.71. The molecule has 5 heteroatoms. The number of nitrogens with zero attached hydrogens (tertiary/aromatic N) is 1. The Labute approximate surface area is 146 Å². The van der Waals surface area contributed by atoms with E-state index >= 15 is 0 Å². The lowest BCUT2D eigenvalue weighted by molar-refractivity contribution is 0.102. The molecule has 0 aliphatic heterocycles. The van der Waals surface area contributed by atoms with E-state index < -0.39 is 0 Å². The summed E-state index contributed by atoms with van der Waals surface area (Å²) in [5.74, 6) is 1.41. The van der Waals surface area contributed by atoms with E-state index in [1.54, 1.807) is 36.5 Å². The fraction of sp³-hybridized carbons (Fsp3) is 0.100. The summed E-state index contributed by atoms with van der Waals surface area (Å²) in [6, 6.07) is 16.7. The largest absolute Gasteiger partial charge is 0.457 e. The van der Waals surface area contributed by atoms with Crippen molar-refractivity contribution in [2.24, 2.45) is 0 Å². The van der Waals surface area contributed by atoms with Crippen molar-refractivity contribution in [3.63, 3.8) is 0 Å². The summed E-state index contributed by atoms with van der Waals surface area (Å²) in [7, 11) is 0. The summed E-state index contributed by atoms with van der Waals surface area (Å²) in [5, 5.41) is 2.83. The van der Waals surface area contributed by atoms with Crippen LogP contribution in [0.5, 0.6) is 11.5 Å². The highest BCUT2D eigenvalue weighted by molar-refractivity contribution is 6.08. The number of benzene rings is 2. The highest BCUT2D eigenvalue weighted by Gasteiger charge is 2.13. The van der Waals surface area contributed by atoms with Crippen LogP contribution in [0.15, 0.2) is 60.8 Å². The van der Waals surface area contributed by atoms with Crippen molar-refractivity contribution in [3.05, 3.63) is 77.5 Å². The molecule has 3 N–H and O–H groups in total. The number of hydrogen-bond donors (Lipinski definition) is 2. The van der Waals surface area contributed by atoms with Gasteiger partial charge < -0.3 is 15.8 Å². The Bertz CT molecular complexity index is 885. The number of pyridine rings is 1. The number of nitrogen functional groups attached to an aromatic ring is 1. The average molecular weight is 333 g/mol. The van der Waals surface area contributed by atoms with E-state index in [1.807, 2.05) is 38.1 Å². The molecule has 0 radical (unpaired) electrons. The smallest absolute Gasteiger partial charge is 0.259 e. The summed E-state index contributed by atoms with van der Waals surface area (Å²) in [5.41, 5.74) is 8.77. The minimum absolute atomic E-state index is 0.219. The Morgan fingerprint density at radius 2 is 1.80 bits per heavy atom. The van der Waals surface area contributed by atoms with Crippen molar-refractivity contribution in [1.29, 1.82) is 0 Å². The highest BCUT2D eigenvalue weighted by Crippen LogP contribution is 2.24. The van der Waals surface area contributed by atoms with Gasteiger partial charge in [0.1, 0.15) is 17.3 Å². The summed E-state index contributed by atoms with van der Waals surface area (Å²) >= 11 is 0. The number of rotatable bonds is 4. The first-order valence-corrected chi connectivity index (χ1v) is 7.90. The molecular formula is C20H19N3O2. The molecule has 0 spiro atoms. The van der Waals surface area contributed by atoms with Crippen LogP contribution in [0.25, 0.3) is 0 Å². The van der Waals surface area contributed by atoms with Crippen LogP contribution >= 0.6 is 0 Å². The van der Waals surface area contributed by atoms with Gasteiger partial charge >= 0.3 is 0 Å². The normalized spacial score (nSPS) is 10.3. The third kappa shape index (κ3) is 3.95. The molecule has 1 heterocycles. The first-order valence-electron chi connectivity index (χ1n) is 7.90. The van der Waals surface area contributed by atoms with Crippen LogP contribution in [-0.2, 0) is 0 Å². The van der Waals surface area contributed by atoms with Crippen LogP contribution in [0.3, 0.4) is 0 Å². The Kier molecular flexibility index (Phi) is 4.66. The Morgan fingerprint density at radius 3 is 2.48 bits per heavy atom. The monoisotopic (exact) mass is 333 g/mol. The van der Waals surface area contributed by atoms with Crippen LogP contribution in [0, 0.1) is 13.8 Å². The first kappa shape index (κ1) is 16.5. The Morgan fingerprint density at radius 1 is 1.04 bits per heavy atom. The van der Waals surface area contributed by atoms with Crippen molar-refractivity contribution in [2.75, 3.05) is 11.1 Å². The predicted molar refractivity (Wildman–Crippen MR) is 99.0 cm³/mol. The molecule has 25 heavy (non-hydrogen) atoms. The molecule has 5 nitrogen and oxygen atoms in total. The minimum atomic E-state index is -0.282. The summed E-state index contributed by atoms with van der Waals surface area (Å²) in [4.78, 5) is 16.4. The van der Waals surface area contributed by atoms with Gasteiger partial charge in [0.05, 0.1) is 5.56 Å². The second-order valence-corrected chi connectivity index (χ2v) is 5.79. The molecule has 1 aromatic heterocycles. The molecular weight excluding hydrogens is 314 g/mol. The van der Waals surface area contributed by atoms with Gasteiger partial charge in [0.15, 0.2) is 0 Å². The topological polar surface area (TPSA) is 77.2 Å². The van der Waals surface area contributed by atoms with Gasteiger partial charge in [0.25, 0.3) is 5.91 Å². The number of anilines is 2. The number of aromatic nitrogens is 1. The van der Waals surface area contributed by atoms with E-state index in [1.165, 1.54) is 0 Å². The highest BCUT2D eigenvalue weighted by atomic mass is 16.5. The van der Waals surface area contributed by atoms with E-state index in [9.17, 15) is 4.79 Å². The second kappa shape index (κ2) is 7.05. The van der Waals surface area contributed by atoms with Crippen LogP contribution in [0.1, 0.15) is 21.5 Å². The molecule has 0 aliphatic rings. The quantitative estimate of drug-likeness (QED) is 0.745.